The highest BCUT2D eigenvalue weighted by Crippen LogP contribution is 2.16. The van der Waals surface area contributed by atoms with Crippen molar-refractivity contribution >= 4 is 30.3 Å². The summed E-state index contributed by atoms with van der Waals surface area (Å²) in [4.78, 5) is 72.1. The van der Waals surface area contributed by atoms with Gasteiger partial charge in [-0.1, -0.05) is 97.8 Å². The van der Waals surface area contributed by atoms with Crippen LogP contribution in [-0.2, 0) is 14.4 Å². The molecule has 3 atom stereocenters. The fourth-order valence-electron chi connectivity index (χ4n) is 4.38. The molecule has 0 aromatic carbocycles. The second kappa shape index (κ2) is 26.1. The molecule has 4 amide bonds. The molecule has 0 aliphatic carbocycles. The monoisotopic (exact) mass is 562 g/mol. The predicted molar refractivity (Wildman–Crippen MR) is 155 cm³/mol. The fraction of sp³-hybridized carbons (Fsp3) is 0.828. The van der Waals surface area contributed by atoms with E-state index in [1.807, 2.05) is 0 Å². The van der Waals surface area contributed by atoms with Crippen LogP contribution in [-0.4, -0.2) is 53.7 Å². The second-order valence-electron chi connectivity index (χ2n) is 10.1. The Balaban J connectivity index is 5.73. The lowest BCUT2D eigenvalue weighted by Gasteiger charge is -2.29. The maximum Gasteiger partial charge on any atom is 0.329 e. The van der Waals surface area contributed by atoms with Crippen LogP contribution in [0.5, 0.6) is 0 Å². The van der Waals surface area contributed by atoms with Crippen molar-refractivity contribution in [2.24, 2.45) is 15.0 Å². The first-order valence-corrected chi connectivity index (χ1v) is 15.1. The van der Waals surface area contributed by atoms with E-state index in [9.17, 15) is 24.0 Å². The largest absolute Gasteiger partial charge is 0.329 e. The Labute approximate surface area is 239 Å². The molecule has 11 nitrogen and oxygen atoms in total. The average Bonchev–Trinajstić information content (AvgIpc) is 2.93. The van der Waals surface area contributed by atoms with Crippen LogP contribution in [0.3, 0.4) is 0 Å². The van der Waals surface area contributed by atoms with Gasteiger partial charge in [0.25, 0.3) is 0 Å². The van der Waals surface area contributed by atoms with E-state index in [0.29, 0.717) is 19.3 Å². The van der Waals surface area contributed by atoms with E-state index in [1.54, 1.807) is 0 Å². The third kappa shape index (κ3) is 18.2. The molecule has 0 aliphatic rings. The van der Waals surface area contributed by atoms with Gasteiger partial charge < -0.3 is 10.6 Å². The Kier molecular flexibility index (Phi) is 24.1. The molecular formula is C29H50N6O5. The highest BCUT2D eigenvalue weighted by molar-refractivity contribution is 5.94. The van der Waals surface area contributed by atoms with E-state index in [4.69, 9.17) is 0 Å². The average molecular weight is 563 g/mol. The first kappa shape index (κ1) is 36.9. The fourth-order valence-corrected chi connectivity index (χ4v) is 4.38. The Morgan fingerprint density at radius 3 is 1.25 bits per heavy atom. The van der Waals surface area contributed by atoms with Crippen molar-refractivity contribution < 1.29 is 24.0 Å². The zero-order valence-corrected chi connectivity index (χ0v) is 24.8. The molecule has 0 saturated carbocycles. The normalized spacial score (nSPS) is 12.6. The van der Waals surface area contributed by atoms with Crippen LogP contribution < -0.4 is 10.6 Å². The number of aliphatic imine (C=N–C) groups is 3. The van der Waals surface area contributed by atoms with Gasteiger partial charge in [-0.15, -0.1) is 0 Å². The van der Waals surface area contributed by atoms with E-state index in [-0.39, 0.29) is 6.42 Å². The van der Waals surface area contributed by atoms with Gasteiger partial charge in [-0.25, -0.2) is 28.9 Å². The molecule has 0 radical (unpaired) electrons. The first-order chi connectivity index (χ1) is 19.5. The maximum absolute atomic E-state index is 13.4. The number of amides is 4. The number of nitrogens with one attached hydrogen (secondary N) is 2. The Hall–Kier alpha value is -3.12. The lowest BCUT2D eigenvalue weighted by Crippen LogP contribution is -2.56. The van der Waals surface area contributed by atoms with Gasteiger partial charge in [0.1, 0.15) is 18.5 Å². The van der Waals surface area contributed by atoms with Crippen molar-refractivity contribution in [2.45, 2.75) is 155 Å². The predicted octanol–water partition coefficient (Wildman–Crippen LogP) is 6.77. The molecule has 0 aliphatic heterocycles. The lowest BCUT2D eigenvalue weighted by molar-refractivity contribution is 0.161. The van der Waals surface area contributed by atoms with Gasteiger partial charge in [0.2, 0.25) is 18.2 Å². The van der Waals surface area contributed by atoms with Crippen LogP contribution in [0.1, 0.15) is 136 Å². The summed E-state index contributed by atoms with van der Waals surface area (Å²) in [6.45, 7) is 6.32. The number of hydrogen-bond acceptors (Lipinski definition) is 8. The van der Waals surface area contributed by atoms with Crippen LogP contribution >= 0.6 is 0 Å². The Morgan fingerprint density at radius 1 is 0.550 bits per heavy atom. The molecule has 0 aromatic heterocycles. The Bertz CT molecular complexity index is 785. The molecule has 0 saturated heterocycles. The molecule has 11 heteroatoms. The molecule has 0 aromatic rings. The third-order valence-corrected chi connectivity index (χ3v) is 6.66. The second-order valence-corrected chi connectivity index (χ2v) is 10.1. The van der Waals surface area contributed by atoms with Crippen molar-refractivity contribution in [3.05, 3.63) is 0 Å². The number of isocyanates is 3. The molecule has 0 bridgehead atoms. The molecule has 226 valence electrons. The summed E-state index contributed by atoms with van der Waals surface area (Å²) >= 11 is 0. The van der Waals surface area contributed by atoms with E-state index >= 15 is 0 Å². The molecule has 0 heterocycles. The summed E-state index contributed by atoms with van der Waals surface area (Å²) < 4.78 is 0. The molecule has 0 spiro atoms. The number of nitrogens with zero attached hydrogens (tertiary/aromatic N) is 4. The SMILES string of the molecule is CCCCCCCC(N=C=O)NC(=O)N(C(=O)NC(CCCCCCC)N=C=O)C(CCCCCCC)N=C=O. The molecular weight excluding hydrogens is 512 g/mol. The van der Waals surface area contributed by atoms with Crippen molar-refractivity contribution in [3.63, 3.8) is 0 Å². The standard InChI is InChI=1S/C29H50N6O5/c1-4-7-10-13-16-19-25(30-22-36)33-28(39)35(27(32-24-38)21-18-15-12-9-6-3)29(40)34-26(31-23-37)20-17-14-11-8-5-2/h25-27H,4-21H2,1-3H3,(H,33,39)(H,34,40). The molecule has 3 unspecified atom stereocenters. The lowest BCUT2D eigenvalue weighted by atomic mass is 10.1. The summed E-state index contributed by atoms with van der Waals surface area (Å²) in [5, 5.41) is 5.22. The maximum atomic E-state index is 13.4. The van der Waals surface area contributed by atoms with E-state index in [0.717, 1.165) is 94.8 Å². The summed E-state index contributed by atoms with van der Waals surface area (Å²) in [7, 11) is 0. The van der Waals surface area contributed by atoms with Crippen molar-refractivity contribution in [2.75, 3.05) is 0 Å². The molecule has 0 fully saturated rings. The topological polar surface area (TPSA) is 150 Å². The summed E-state index contributed by atoms with van der Waals surface area (Å²) in [6, 6.07) is -1.71. The zero-order chi connectivity index (χ0) is 29.8. The Morgan fingerprint density at radius 2 is 0.900 bits per heavy atom. The number of urea groups is 2. The van der Waals surface area contributed by atoms with Gasteiger partial charge in [0.15, 0.2) is 0 Å². The first-order valence-electron chi connectivity index (χ1n) is 15.1. The summed E-state index contributed by atoms with van der Waals surface area (Å²) in [6.07, 6.45) is 16.9. The molecule has 2 N–H and O–H groups in total. The van der Waals surface area contributed by atoms with Crippen molar-refractivity contribution in [3.8, 4) is 0 Å². The van der Waals surface area contributed by atoms with Crippen LogP contribution in [0, 0.1) is 0 Å². The molecule has 0 rings (SSSR count). The number of unbranched alkanes of at least 4 members (excludes halogenated alkanes) is 12. The highest BCUT2D eigenvalue weighted by Gasteiger charge is 2.32. The van der Waals surface area contributed by atoms with Gasteiger partial charge in [-0.2, -0.15) is 15.0 Å². The number of carbonyl (C=O) groups excluding carboxylic acids is 5. The van der Waals surface area contributed by atoms with Crippen molar-refractivity contribution in [1.82, 2.24) is 15.5 Å². The van der Waals surface area contributed by atoms with E-state index < -0.39 is 30.6 Å². The summed E-state index contributed by atoms with van der Waals surface area (Å²) in [5.41, 5.74) is 0. The smallest absolute Gasteiger partial charge is 0.315 e. The quantitative estimate of drug-likeness (QED) is 0.0755. The highest BCUT2D eigenvalue weighted by atomic mass is 16.2. The van der Waals surface area contributed by atoms with Crippen molar-refractivity contribution in [1.29, 1.82) is 0 Å². The third-order valence-electron chi connectivity index (χ3n) is 6.66. The zero-order valence-electron chi connectivity index (χ0n) is 24.8. The number of hydrogen-bond donors (Lipinski definition) is 2. The minimum atomic E-state index is -1.12. The number of imide groups is 1. The summed E-state index contributed by atoms with van der Waals surface area (Å²) in [5.74, 6) is 0. The van der Waals surface area contributed by atoms with E-state index in [1.165, 1.54) is 18.2 Å². The van der Waals surface area contributed by atoms with Crippen LogP contribution in [0.2, 0.25) is 0 Å². The molecule has 40 heavy (non-hydrogen) atoms. The minimum absolute atomic E-state index is 0.261. The van der Waals surface area contributed by atoms with Crippen LogP contribution in [0.15, 0.2) is 15.0 Å². The number of carbonyl (C=O) groups is 2. The van der Waals surface area contributed by atoms with Gasteiger partial charge in [0.05, 0.1) is 0 Å². The van der Waals surface area contributed by atoms with Gasteiger partial charge in [-0.05, 0) is 38.5 Å². The van der Waals surface area contributed by atoms with E-state index in [2.05, 4.69) is 46.4 Å². The van der Waals surface area contributed by atoms with Gasteiger partial charge in [-0.3, -0.25) is 0 Å². The minimum Gasteiger partial charge on any atom is -0.315 e. The van der Waals surface area contributed by atoms with Gasteiger partial charge in [0, 0.05) is 0 Å². The van der Waals surface area contributed by atoms with Gasteiger partial charge >= 0.3 is 12.1 Å². The van der Waals surface area contributed by atoms with Crippen LogP contribution in [0.25, 0.3) is 0 Å². The number of rotatable bonds is 24. The van der Waals surface area contributed by atoms with Crippen LogP contribution in [0.4, 0.5) is 9.59 Å².